The van der Waals surface area contributed by atoms with Crippen molar-refractivity contribution in [2.24, 2.45) is 16.7 Å². The van der Waals surface area contributed by atoms with E-state index in [2.05, 4.69) is 41.0 Å². The first-order valence-electron chi connectivity index (χ1n) is 5.56. The Morgan fingerprint density at radius 3 is 1.71 bits per heavy atom. The van der Waals surface area contributed by atoms with E-state index in [1.165, 1.54) is 0 Å². The molecule has 0 saturated heterocycles. The van der Waals surface area contributed by atoms with Gasteiger partial charge in [-0.15, -0.1) is 5.92 Å². The predicted octanol–water partition coefficient (Wildman–Crippen LogP) is 3.94. The third-order valence-corrected chi connectivity index (χ3v) is 1.97. The summed E-state index contributed by atoms with van der Waals surface area (Å²) in [6, 6.07) is 0. The first-order valence-corrected chi connectivity index (χ1v) is 5.56. The SMILES string of the molecule is C#C[CH2-].[CH2-]C(CC(C)(C)C)C(=O)C(C)(C)C.[Y]. The van der Waals surface area contributed by atoms with Gasteiger partial charge < -0.3 is 24.1 Å². The fourth-order valence-electron chi connectivity index (χ4n) is 1.44. The maximum atomic E-state index is 11.8. The molecular formula is C15H26OY-2. The molecule has 0 saturated carbocycles. The standard InChI is InChI=1S/C12H23O.C3H3.Y/c1-9(8-11(2,3)4)10(13)12(5,6)7;1-3-2;/h9H,1,8H2,2-7H3;1H,2H2;/q2*-1;. The van der Waals surface area contributed by atoms with Crippen LogP contribution in [0.2, 0.25) is 0 Å². The Morgan fingerprint density at radius 1 is 1.24 bits per heavy atom. The summed E-state index contributed by atoms with van der Waals surface area (Å²) in [7, 11) is 0. The Morgan fingerprint density at radius 2 is 1.53 bits per heavy atom. The Labute approximate surface area is 133 Å². The van der Waals surface area contributed by atoms with Crippen LogP contribution in [0.25, 0.3) is 0 Å². The molecule has 0 aliphatic heterocycles. The van der Waals surface area contributed by atoms with E-state index in [1.807, 2.05) is 26.7 Å². The van der Waals surface area contributed by atoms with Gasteiger partial charge in [-0.25, -0.2) is 0 Å². The molecule has 0 bridgehead atoms. The molecule has 0 rings (SSSR count). The van der Waals surface area contributed by atoms with Crippen molar-refractivity contribution in [3.05, 3.63) is 13.8 Å². The number of rotatable bonds is 2. The minimum Gasteiger partial charge on any atom is -0.345 e. The monoisotopic (exact) mass is 311 g/mol. The number of Topliss-reactive ketones (excluding diaryl/α,β-unsaturated/α-hetero) is 1. The summed E-state index contributed by atoms with van der Waals surface area (Å²) < 4.78 is 0. The summed E-state index contributed by atoms with van der Waals surface area (Å²) in [6.07, 6.45) is 5.35. The molecule has 0 heterocycles. The second-order valence-corrected chi connectivity index (χ2v) is 6.28. The number of hydrogen-bond donors (Lipinski definition) is 0. The van der Waals surface area contributed by atoms with Crippen LogP contribution in [0.1, 0.15) is 48.0 Å². The first-order chi connectivity index (χ1) is 6.95. The van der Waals surface area contributed by atoms with Crippen molar-refractivity contribution in [1.82, 2.24) is 0 Å². The van der Waals surface area contributed by atoms with Gasteiger partial charge in [0.2, 0.25) is 0 Å². The van der Waals surface area contributed by atoms with Gasteiger partial charge in [-0.2, -0.15) is 6.92 Å². The maximum Gasteiger partial charge on any atom is 0.111 e. The molecule has 17 heavy (non-hydrogen) atoms. The van der Waals surface area contributed by atoms with Gasteiger partial charge in [0.1, 0.15) is 5.78 Å². The summed E-state index contributed by atoms with van der Waals surface area (Å²) in [5, 5.41) is 0. The van der Waals surface area contributed by atoms with E-state index in [0.29, 0.717) is 0 Å². The van der Waals surface area contributed by atoms with E-state index in [4.69, 9.17) is 0 Å². The molecule has 0 aliphatic rings. The fraction of sp³-hybridized carbons (Fsp3) is 0.667. The van der Waals surface area contributed by atoms with Gasteiger partial charge in [0.15, 0.2) is 0 Å². The molecule has 0 spiro atoms. The van der Waals surface area contributed by atoms with Crippen molar-refractivity contribution < 1.29 is 37.5 Å². The number of terminal acetylenes is 1. The number of hydrogen-bond acceptors (Lipinski definition) is 1. The van der Waals surface area contributed by atoms with Gasteiger partial charge in [0.05, 0.1) is 0 Å². The van der Waals surface area contributed by atoms with E-state index in [0.717, 1.165) is 6.42 Å². The molecule has 0 N–H and O–H groups in total. The minimum atomic E-state index is -0.252. The Balaban J connectivity index is -0.000000440. The molecule has 1 atom stereocenters. The summed E-state index contributed by atoms with van der Waals surface area (Å²) in [5.74, 6) is 2.20. The summed E-state index contributed by atoms with van der Waals surface area (Å²) >= 11 is 0. The molecule has 0 aromatic carbocycles. The average molecular weight is 311 g/mol. The van der Waals surface area contributed by atoms with E-state index < -0.39 is 0 Å². The van der Waals surface area contributed by atoms with E-state index in [1.54, 1.807) is 0 Å². The Hall–Kier alpha value is 0.204. The molecular weight excluding hydrogens is 285 g/mol. The van der Waals surface area contributed by atoms with Crippen LogP contribution in [0.5, 0.6) is 0 Å². The molecule has 1 radical (unpaired) electrons. The largest absolute Gasteiger partial charge is 0.345 e. The molecule has 1 nitrogen and oxygen atoms in total. The molecule has 1 unspecified atom stereocenters. The normalized spacial score (nSPS) is 12.4. The van der Waals surface area contributed by atoms with Crippen LogP contribution in [-0.4, -0.2) is 5.78 Å². The Kier molecular flexibility index (Phi) is 12.1. The van der Waals surface area contributed by atoms with Crippen LogP contribution >= 0.6 is 0 Å². The molecule has 97 valence electrons. The first kappa shape index (κ1) is 22.4. The summed E-state index contributed by atoms with van der Waals surface area (Å²) in [4.78, 5) is 11.8. The van der Waals surface area contributed by atoms with E-state index >= 15 is 0 Å². The smallest absolute Gasteiger partial charge is 0.111 e. The second kappa shape index (κ2) is 9.18. The van der Waals surface area contributed by atoms with Gasteiger partial charge in [-0.3, -0.25) is 0 Å². The van der Waals surface area contributed by atoms with Crippen molar-refractivity contribution in [3.8, 4) is 12.3 Å². The van der Waals surface area contributed by atoms with Crippen LogP contribution in [0.15, 0.2) is 0 Å². The van der Waals surface area contributed by atoms with Gasteiger partial charge in [-0.05, 0) is 5.41 Å². The summed E-state index contributed by atoms with van der Waals surface area (Å²) in [6.45, 7) is 19.2. The molecule has 0 aromatic rings. The molecule has 0 fully saturated rings. The van der Waals surface area contributed by atoms with E-state index in [9.17, 15) is 4.79 Å². The van der Waals surface area contributed by atoms with Crippen LogP contribution in [0.3, 0.4) is 0 Å². The van der Waals surface area contributed by atoms with Crippen LogP contribution in [0.4, 0.5) is 0 Å². The van der Waals surface area contributed by atoms with Crippen LogP contribution in [0, 0.1) is 42.9 Å². The van der Waals surface area contributed by atoms with Crippen LogP contribution in [-0.2, 0) is 37.5 Å². The van der Waals surface area contributed by atoms with Crippen molar-refractivity contribution in [2.75, 3.05) is 0 Å². The number of carbonyl (C=O) groups excluding carboxylic acids is 1. The second-order valence-electron chi connectivity index (χ2n) is 6.28. The van der Waals surface area contributed by atoms with Gasteiger partial charge >= 0.3 is 0 Å². The molecule has 2 heteroatoms. The number of ketones is 1. The van der Waals surface area contributed by atoms with Crippen LogP contribution < -0.4 is 0 Å². The zero-order chi connectivity index (χ0) is 13.6. The third-order valence-electron chi connectivity index (χ3n) is 1.97. The topological polar surface area (TPSA) is 17.1 Å². The molecule has 0 amide bonds. The predicted molar refractivity (Wildman–Crippen MR) is 71.6 cm³/mol. The van der Waals surface area contributed by atoms with Gasteiger partial charge in [0, 0.05) is 38.1 Å². The third kappa shape index (κ3) is 14.1. The Bertz CT molecular complexity index is 248. The number of carbonyl (C=O) groups is 1. The van der Waals surface area contributed by atoms with Crippen molar-refractivity contribution >= 4 is 5.78 Å². The summed E-state index contributed by atoms with van der Waals surface area (Å²) in [5.41, 5.74) is -0.0645. The minimum absolute atomic E-state index is 0. The van der Waals surface area contributed by atoms with Crippen molar-refractivity contribution in [3.63, 3.8) is 0 Å². The van der Waals surface area contributed by atoms with Gasteiger partial charge in [-0.1, -0.05) is 48.0 Å². The van der Waals surface area contributed by atoms with Crippen molar-refractivity contribution in [1.29, 1.82) is 0 Å². The van der Waals surface area contributed by atoms with Crippen molar-refractivity contribution in [2.45, 2.75) is 48.0 Å². The molecule has 0 aromatic heterocycles. The fourth-order valence-corrected chi connectivity index (χ4v) is 1.44. The molecule has 0 aliphatic carbocycles. The maximum absolute atomic E-state index is 11.8. The quantitative estimate of drug-likeness (QED) is 0.558. The zero-order valence-electron chi connectivity index (χ0n) is 12.3. The average Bonchev–Trinajstić information content (AvgIpc) is 1.99. The van der Waals surface area contributed by atoms with E-state index in [-0.39, 0.29) is 55.2 Å². The zero-order valence-corrected chi connectivity index (χ0v) is 15.1. The van der Waals surface area contributed by atoms with Gasteiger partial charge in [0.25, 0.3) is 0 Å².